The molecule has 0 amide bonds. The maximum Gasteiger partial charge on any atom is 0.229 e. The first-order valence-corrected chi connectivity index (χ1v) is 8.69. The molecule has 4 rings (SSSR count). The van der Waals surface area contributed by atoms with Gasteiger partial charge in [-0.1, -0.05) is 19.0 Å². The van der Waals surface area contributed by atoms with Crippen LogP contribution in [-0.2, 0) is 6.54 Å². The molecule has 0 aromatic carbocycles. The lowest BCUT2D eigenvalue weighted by Crippen LogP contribution is -2.34. The summed E-state index contributed by atoms with van der Waals surface area (Å²) < 4.78 is 11.2. The third-order valence-electron chi connectivity index (χ3n) is 4.75. The minimum absolute atomic E-state index is 0.361. The molecule has 2 aliphatic rings. The van der Waals surface area contributed by atoms with Crippen molar-refractivity contribution in [3.63, 3.8) is 0 Å². The quantitative estimate of drug-likeness (QED) is 0.841. The van der Waals surface area contributed by atoms with E-state index in [4.69, 9.17) is 8.94 Å². The van der Waals surface area contributed by atoms with Gasteiger partial charge in [0.2, 0.25) is 11.8 Å². The molecule has 2 aromatic rings. The van der Waals surface area contributed by atoms with Crippen molar-refractivity contribution in [3.8, 4) is 0 Å². The zero-order valence-electron chi connectivity index (χ0n) is 13.9. The van der Waals surface area contributed by atoms with Gasteiger partial charge in [0.05, 0.1) is 12.7 Å². The summed E-state index contributed by atoms with van der Waals surface area (Å²) in [5.74, 6) is 4.75. The molecule has 3 heterocycles. The lowest BCUT2D eigenvalue weighted by molar-refractivity contribution is 0.177. The van der Waals surface area contributed by atoms with Crippen LogP contribution < -0.4 is 0 Å². The van der Waals surface area contributed by atoms with E-state index in [1.54, 1.807) is 0 Å². The lowest BCUT2D eigenvalue weighted by atomic mass is 9.97. The SMILES string of the molecule is CC(C)c1cnc(CN2CCC[C@H](c3noc(C4CC4)n3)C2)o1. The summed E-state index contributed by atoms with van der Waals surface area (Å²) in [4.78, 5) is 11.4. The van der Waals surface area contributed by atoms with E-state index < -0.39 is 0 Å². The highest BCUT2D eigenvalue weighted by molar-refractivity contribution is 5.06. The predicted molar refractivity (Wildman–Crippen MR) is 84.1 cm³/mol. The number of nitrogens with zero attached hydrogens (tertiary/aromatic N) is 4. The molecular weight excluding hydrogens is 292 g/mol. The summed E-state index contributed by atoms with van der Waals surface area (Å²) in [6.45, 7) is 7.02. The molecular formula is C17H24N4O2. The Morgan fingerprint density at radius 2 is 2.13 bits per heavy atom. The van der Waals surface area contributed by atoms with Gasteiger partial charge in [0.1, 0.15) is 5.76 Å². The molecule has 0 N–H and O–H groups in total. The molecule has 2 fully saturated rings. The first-order chi connectivity index (χ1) is 11.2. The minimum Gasteiger partial charge on any atom is -0.444 e. The molecule has 23 heavy (non-hydrogen) atoms. The number of rotatable bonds is 5. The normalized spacial score (nSPS) is 22.8. The first-order valence-electron chi connectivity index (χ1n) is 8.69. The summed E-state index contributed by atoms with van der Waals surface area (Å²) in [6.07, 6.45) is 6.52. The van der Waals surface area contributed by atoms with E-state index in [2.05, 4.69) is 33.9 Å². The molecule has 124 valence electrons. The number of hydrogen-bond acceptors (Lipinski definition) is 6. The lowest BCUT2D eigenvalue weighted by Gasteiger charge is -2.30. The van der Waals surface area contributed by atoms with Crippen LogP contribution in [0.4, 0.5) is 0 Å². The average molecular weight is 316 g/mol. The standard InChI is InChI=1S/C17H24N4O2/c1-11(2)14-8-18-15(22-14)10-21-7-3-4-13(9-21)16-19-17(23-20-16)12-5-6-12/h8,11-13H,3-7,9-10H2,1-2H3/t13-/m0/s1. The van der Waals surface area contributed by atoms with Crippen molar-refractivity contribution < 1.29 is 8.94 Å². The smallest absolute Gasteiger partial charge is 0.229 e. The Hall–Kier alpha value is -1.69. The Kier molecular flexibility index (Phi) is 3.93. The highest BCUT2D eigenvalue weighted by Crippen LogP contribution is 2.39. The Bertz CT molecular complexity index is 659. The Morgan fingerprint density at radius 3 is 2.87 bits per heavy atom. The molecule has 0 unspecified atom stereocenters. The van der Waals surface area contributed by atoms with Gasteiger partial charge in [-0.3, -0.25) is 4.90 Å². The van der Waals surface area contributed by atoms with E-state index >= 15 is 0 Å². The minimum atomic E-state index is 0.361. The zero-order chi connectivity index (χ0) is 15.8. The van der Waals surface area contributed by atoms with E-state index in [-0.39, 0.29) is 0 Å². The topological polar surface area (TPSA) is 68.2 Å². The molecule has 1 aliphatic carbocycles. The van der Waals surface area contributed by atoms with E-state index in [9.17, 15) is 0 Å². The summed E-state index contributed by atoms with van der Waals surface area (Å²) in [5, 5.41) is 4.22. The predicted octanol–water partition coefficient (Wildman–Crippen LogP) is 3.44. The molecule has 1 aliphatic heterocycles. The van der Waals surface area contributed by atoms with Crippen LogP contribution in [0.15, 0.2) is 15.1 Å². The van der Waals surface area contributed by atoms with Crippen LogP contribution in [0.25, 0.3) is 0 Å². The van der Waals surface area contributed by atoms with Crippen LogP contribution in [0.3, 0.4) is 0 Å². The second-order valence-electron chi connectivity index (χ2n) is 7.15. The zero-order valence-corrected chi connectivity index (χ0v) is 13.9. The highest BCUT2D eigenvalue weighted by Gasteiger charge is 2.32. The van der Waals surface area contributed by atoms with E-state index in [0.29, 0.717) is 17.8 Å². The molecule has 6 nitrogen and oxygen atoms in total. The van der Waals surface area contributed by atoms with Gasteiger partial charge in [0, 0.05) is 24.3 Å². The second-order valence-corrected chi connectivity index (χ2v) is 7.15. The molecule has 1 atom stereocenters. The van der Waals surface area contributed by atoms with Crippen LogP contribution in [0.1, 0.15) is 80.7 Å². The highest BCUT2D eigenvalue weighted by atomic mass is 16.5. The van der Waals surface area contributed by atoms with Crippen molar-refractivity contribution in [2.45, 2.75) is 63.8 Å². The van der Waals surface area contributed by atoms with Crippen molar-refractivity contribution in [2.24, 2.45) is 0 Å². The molecule has 6 heteroatoms. The summed E-state index contributed by atoms with van der Waals surface area (Å²) in [5.41, 5.74) is 0. The monoisotopic (exact) mass is 316 g/mol. The Balaban J connectivity index is 1.39. The van der Waals surface area contributed by atoms with Gasteiger partial charge in [0.15, 0.2) is 5.82 Å². The van der Waals surface area contributed by atoms with Gasteiger partial charge in [-0.2, -0.15) is 4.98 Å². The average Bonchev–Trinajstić information content (AvgIpc) is 3.09. The van der Waals surface area contributed by atoms with Crippen molar-refractivity contribution in [1.29, 1.82) is 0 Å². The fraction of sp³-hybridized carbons (Fsp3) is 0.706. The van der Waals surface area contributed by atoms with Gasteiger partial charge in [-0.25, -0.2) is 4.98 Å². The van der Waals surface area contributed by atoms with Gasteiger partial charge < -0.3 is 8.94 Å². The van der Waals surface area contributed by atoms with Crippen LogP contribution in [0.5, 0.6) is 0 Å². The number of hydrogen-bond donors (Lipinski definition) is 0. The molecule has 0 radical (unpaired) electrons. The largest absolute Gasteiger partial charge is 0.444 e. The fourth-order valence-electron chi connectivity index (χ4n) is 3.17. The van der Waals surface area contributed by atoms with Gasteiger partial charge in [0.25, 0.3) is 0 Å². The number of oxazole rings is 1. The maximum absolute atomic E-state index is 5.83. The van der Waals surface area contributed by atoms with Crippen molar-refractivity contribution in [1.82, 2.24) is 20.0 Å². The summed E-state index contributed by atoms with van der Waals surface area (Å²) >= 11 is 0. The molecule has 1 saturated heterocycles. The van der Waals surface area contributed by atoms with E-state index in [1.165, 1.54) is 12.8 Å². The van der Waals surface area contributed by atoms with Crippen LogP contribution in [-0.4, -0.2) is 33.1 Å². The van der Waals surface area contributed by atoms with Crippen LogP contribution >= 0.6 is 0 Å². The maximum atomic E-state index is 5.83. The number of aromatic nitrogens is 3. The Labute approximate surface area is 136 Å². The van der Waals surface area contributed by atoms with Crippen LogP contribution in [0.2, 0.25) is 0 Å². The molecule has 0 spiro atoms. The summed E-state index contributed by atoms with van der Waals surface area (Å²) in [6, 6.07) is 0. The van der Waals surface area contributed by atoms with E-state index in [1.807, 2.05) is 6.20 Å². The van der Waals surface area contributed by atoms with Crippen molar-refractivity contribution >= 4 is 0 Å². The second kappa shape index (κ2) is 6.07. The summed E-state index contributed by atoms with van der Waals surface area (Å²) in [7, 11) is 0. The number of likely N-dealkylation sites (tertiary alicyclic amines) is 1. The third-order valence-corrected chi connectivity index (χ3v) is 4.75. The molecule has 2 aromatic heterocycles. The van der Waals surface area contributed by atoms with Gasteiger partial charge >= 0.3 is 0 Å². The van der Waals surface area contributed by atoms with Gasteiger partial charge in [-0.15, -0.1) is 0 Å². The van der Waals surface area contributed by atoms with Gasteiger partial charge in [-0.05, 0) is 32.2 Å². The van der Waals surface area contributed by atoms with Crippen molar-refractivity contribution in [3.05, 3.63) is 29.6 Å². The molecule has 0 bridgehead atoms. The van der Waals surface area contributed by atoms with Crippen molar-refractivity contribution in [2.75, 3.05) is 13.1 Å². The number of piperidine rings is 1. The van der Waals surface area contributed by atoms with Crippen LogP contribution in [0, 0.1) is 0 Å². The van der Waals surface area contributed by atoms with E-state index in [0.717, 1.165) is 55.8 Å². The first kappa shape index (κ1) is 14.9. The third kappa shape index (κ3) is 3.32. The molecule has 1 saturated carbocycles. The fourth-order valence-corrected chi connectivity index (χ4v) is 3.17. The Morgan fingerprint density at radius 1 is 1.26 bits per heavy atom.